The molecular formula is C26H22N3O4+. The first-order valence-electron chi connectivity index (χ1n) is 10.6. The van der Waals surface area contributed by atoms with Gasteiger partial charge in [-0.05, 0) is 55.8 Å². The number of amides is 4. The highest BCUT2D eigenvalue weighted by Gasteiger charge is 2.54. The Balaban J connectivity index is 1.56. The van der Waals surface area contributed by atoms with E-state index in [4.69, 9.17) is 4.74 Å². The van der Waals surface area contributed by atoms with Crippen molar-refractivity contribution in [3.63, 3.8) is 0 Å². The number of hydrogen-bond acceptors (Lipinski definition) is 4. The summed E-state index contributed by atoms with van der Waals surface area (Å²) in [6, 6.07) is 21.1. The number of ether oxygens (including phenoxy) is 1. The fourth-order valence-corrected chi connectivity index (χ4v) is 4.15. The number of urea groups is 1. The maximum Gasteiger partial charge on any atom is 0.506 e. The molecule has 1 atom stereocenters. The maximum absolute atomic E-state index is 13.6. The van der Waals surface area contributed by atoms with Gasteiger partial charge in [0.2, 0.25) is 0 Å². The van der Waals surface area contributed by atoms with E-state index in [-0.39, 0.29) is 12.5 Å². The van der Waals surface area contributed by atoms with Gasteiger partial charge in [-0.3, -0.25) is 4.79 Å². The molecule has 0 radical (unpaired) electrons. The van der Waals surface area contributed by atoms with E-state index in [1.54, 1.807) is 36.4 Å². The van der Waals surface area contributed by atoms with E-state index in [1.807, 2.05) is 50.2 Å². The molecule has 7 heteroatoms. The Labute approximate surface area is 190 Å². The second-order valence-electron chi connectivity index (χ2n) is 8.17. The Morgan fingerprint density at radius 2 is 1.73 bits per heavy atom. The summed E-state index contributed by atoms with van der Waals surface area (Å²) in [6.45, 7) is 3.60. The molecule has 7 nitrogen and oxygen atoms in total. The lowest BCUT2D eigenvalue weighted by atomic mass is 10.0. The van der Waals surface area contributed by atoms with Gasteiger partial charge in [-0.1, -0.05) is 42.0 Å². The Bertz CT molecular complexity index is 1330. The van der Waals surface area contributed by atoms with Crippen LogP contribution in [0.3, 0.4) is 0 Å². The Morgan fingerprint density at radius 3 is 2.48 bits per heavy atom. The first kappa shape index (κ1) is 20.6. The topological polar surface area (TPSA) is 78.7 Å². The molecule has 0 bridgehead atoms. The van der Waals surface area contributed by atoms with Gasteiger partial charge in [0.05, 0.1) is 5.56 Å². The summed E-state index contributed by atoms with van der Waals surface area (Å²) < 4.78 is 7.28. The van der Waals surface area contributed by atoms with Crippen molar-refractivity contribution in [1.82, 2.24) is 0 Å². The zero-order valence-corrected chi connectivity index (χ0v) is 18.2. The van der Waals surface area contributed by atoms with E-state index in [0.717, 1.165) is 16.0 Å². The highest BCUT2D eigenvalue weighted by atomic mass is 16.5. The van der Waals surface area contributed by atoms with Gasteiger partial charge in [-0.25, -0.2) is 4.79 Å². The molecule has 2 aliphatic rings. The number of hydrogen-bond donors (Lipinski definition) is 1. The third-order valence-corrected chi connectivity index (χ3v) is 5.71. The van der Waals surface area contributed by atoms with Crippen molar-refractivity contribution in [2.45, 2.75) is 20.0 Å². The van der Waals surface area contributed by atoms with Gasteiger partial charge < -0.3 is 10.1 Å². The molecule has 0 saturated heterocycles. The summed E-state index contributed by atoms with van der Waals surface area (Å²) in [6.07, 6.45) is -1.01. The number of fused-ring (bicyclic) bond motifs is 3. The second kappa shape index (κ2) is 8.02. The Hall–Kier alpha value is -4.26. The van der Waals surface area contributed by atoms with Crippen molar-refractivity contribution >= 4 is 34.9 Å². The molecule has 33 heavy (non-hydrogen) atoms. The molecule has 4 amide bonds. The number of carbonyl (C=O) groups excluding carboxylic acids is 3. The van der Waals surface area contributed by atoms with Gasteiger partial charge in [0.25, 0.3) is 12.0 Å². The van der Waals surface area contributed by atoms with Gasteiger partial charge in [0.1, 0.15) is 11.4 Å². The first-order valence-corrected chi connectivity index (χ1v) is 10.6. The van der Waals surface area contributed by atoms with E-state index < -0.39 is 18.0 Å². The summed E-state index contributed by atoms with van der Waals surface area (Å²) in [5, 5.41) is 2.84. The predicted molar refractivity (Wildman–Crippen MR) is 124 cm³/mol. The van der Waals surface area contributed by atoms with Crippen molar-refractivity contribution in [1.29, 1.82) is 0 Å². The number of carbonyl (C=O) groups is 3. The summed E-state index contributed by atoms with van der Waals surface area (Å²) in [7, 11) is 0. The number of nitrogens with zero attached hydrogens (tertiary/aromatic N) is 2. The van der Waals surface area contributed by atoms with Crippen LogP contribution in [-0.4, -0.2) is 40.8 Å². The minimum absolute atomic E-state index is 0.258. The molecule has 3 aromatic rings. The van der Waals surface area contributed by atoms with Crippen molar-refractivity contribution in [2.75, 3.05) is 16.8 Å². The van der Waals surface area contributed by atoms with Crippen LogP contribution in [0, 0.1) is 13.8 Å². The number of rotatable bonds is 4. The predicted octanol–water partition coefficient (Wildman–Crippen LogP) is 3.67. The fraction of sp³-hybridized carbons (Fsp3) is 0.154. The van der Waals surface area contributed by atoms with Gasteiger partial charge in [-0.15, -0.1) is 4.90 Å². The zero-order valence-electron chi connectivity index (χ0n) is 18.2. The van der Waals surface area contributed by atoms with Crippen LogP contribution in [0.25, 0.3) is 0 Å². The lowest BCUT2D eigenvalue weighted by Gasteiger charge is -2.24. The summed E-state index contributed by atoms with van der Waals surface area (Å²) >= 11 is 0. The van der Waals surface area contributed by atoms with E-state index >= 15 is 0 Å². The summed E-state index contributed by atoms with van der Waals surface area (Å²) in [4.78, 5) is 41.0. The van der Waals surface area contributed by atoms with E-state index in [0.29, 0.717) is 28.4 Å². The molecule has 3 aromatic carbocycles. The molecule has 0 aromatic heterocycles. The molecule has 2 heterocycles. The average molecular weight is 440 g/mol. The van der Waals surface area contributed by atoms with E-state index in [1.165, 1.54) is 4.58 Å². The van der Waals surface area contributed by atoms with Crippen LogP contribution < -0.4 is 15.0 Å². The number of benzene rings is 3. The standard InChI is InChI=1S/C26H21N3O4/c1-16-10-12-19(13-11-16)29-25(31)24-23(20-8-3-4-9-21(20)33-24)28(26(29)32)15-22(30)27-18-7-5-6-17(2)14-18/h3-14,24H,15H2,1-2H3/p+1. The normalized spacial score (nSPS) is 16.9. The van der Waals surface area contributed by atoms with Crippen molar-refractivity contribution in [3.05, 3.63) is 89.5 Å². The van der Waals surface area contributed by atoms with Crippen molar-refractivity contribution in [2.24, 2.45) is 0 Å². The third-order valence-electron chi connectivity index (χ3n) is 5.71. The summed E-state index contributed by atoms with van der Waals surface area (Å²) in [5.74, 6) is -0.346. The third kappa shape index (κ3) is 3.67. The van der Waals surface area contributed by atoms with Crippen LogP contribution in [0.1, 0.15) is 16.7 Å². The quantitative estimate of drug-likeness (QED) is 0.628. The molecule has 0 saturated carbocycles. The lowest BCUT2D eigenvalue weighted by molar-refractivity contribution is -0.416. The molecule has 0 spiro atoms. The first-order chi connectivity index (χ1) is 15.9. The van der Waals surface area contributed by atoms with Crippen LogP contribution in [-0.2, 0) is 9.59 Å². The molecule has 5 rings (SSSR count). The highest BCUT2D eigenvalue weighted by Crippen LogP contribution is 2.33. The molecule has 164 valence electrons. The van der Waals surface area contributed by atoms with Gasteiger partial charge in [0, 0.05) is 5.69 Å². The minimum atomic E-state index is -1.01. The highest BCUT2D eigenvalue weighted by molar-refractivity contribution is 6.29. The second-order valence-corrected chi connectivity index (χ2v) is 8.17. The Morgan fingerprint density at radius 1 is 0.970 bits per heavy atom. The Kier molecular flexibility index (Phi) is 5.01. The minimum Gasteiger partial charge on any atom is -0.469 e. The van der Waals surface area contributed by atoms with Crippen molar-refractivity contribution < 1.29 is 23.7 Å². The van der Waals surface area contributed by atoms with Crippen LogP contribution in [0.2, 0.25) is 0 Å². The molecule has 0 aliphatic carbocycles. The molecule has 0 fully saturated rings. The van der Waals surface area contributed by atoms with Gasteiger partial charge in [-0.2, -0.15) is 9.37 Å². The molecular weight excluding hydrogens is 418 g/mol. The number of imide groups is 1. The maximum atomic E-state index is 13.6. The number of aryl methyl sites for hydroxylation is 2. The van der Waals surface area contributed by atoms with Gasteiger partial charge in [0.15, 0.2) is 12.3 Å². The van der Waals surface area contributed by atoms with Gasteiger partial charge >= 0.3 is 11.9 Å². The number of anilines is 2. The monoisotopic (exact) mass is 440 g/mol. The number of para-hydroxylation sites is 1. The van der Waals surface area contributed by atoms with Crippen LogP contribution in [0.15, 0.2) is 72.8 Å². The zero-order chi connectivity index (χ0) is 23.1. The van der Waals surface area contributed by atoms with E-state index in [9.17, 15) is 14.4 Å². The lowest BCUT2D eigenvalue weighted by Crippen LogP contribution is -2.59. The average Bonchev–Trinajstić information content (AvgIpc) is 3.18. The molecule has 1 N–H and O–H groups in total. The van der Waals surface area contributed by atoms with Crippen LogP contribution >= 0.6 is 0 Å². The summed E-state index contributed by atoms with van der Waals surface area (Å²) in [5.41, 5.74) is 4.10. The smallest absolute Gasteiger partial charge is 0.469 e. The number of nitrogens with one attached hydrogen (secondary N) is 1. The van der Waals surface area contributed by atoms with E-state index in [2.05, 4.69) is 5.32 Å². The van der Waals surface area contributed by atoms with Crippen molar-refractivity contribution in [3.8, 4) is 5.75 Å². The fourth-order valence-electron chi connectivity index (χ4n) is 4.15. The molecule has 2 aliphatic heterocycles. The van der Waals surface area contributed by atoms with Crippen LogP contribution in [0.5, 0.6) is 5.75 Å². The van der Waals surface area contributed by atoms with Crippen LogP contribution in [0.4, 0.5) is 16.2 Å². The molecule has 1 unspecified atom stereocenters. The SMILES string of the molecule is Cc1ccc(N2C(=O)C3Oc4ccccc4C3=[N+](CC(=O)Nc3cccc(C)c3)C2=O)cc1. The largest absolute Gasteiger partial charge is 0.506 e.